The van der Waals surface area contributed by atoms with Gasteiger partial charge in [0.1, 0.15) is 30.4 Å². The molecule has 5 rings (SSSR count). The number of nitrogens with two attached hydrogens (primary N) is 1. The van der Waals surface area contributed by atoms with E-state index in [2.05, 4.69) is 31.5 Å². The van der Waals surface area contributed by atoms with E-state index in [1.807, 2.05) is 20.8 Å². The van der Waals surface area contributed by atoms with E-state index in [9.17, 15) is 63.3 Å². The van der Waals surface area contributed by atoms with Crippen molar-refractivity contribution in [1.82, 2.24) is 36.0 Å². The summed E-state index contributed by atoms with van der Waals surface area (Å²) in [5.41, 5.74) is 4.12. The number of epoxide rings is 1. The van der Waals surface area contributed by atoms with Crippen molar-refractivity contribution in [2.75, 3.05) is 57.7 Å². The van der Waals surface area contributed by atoms with Crippen molar-refractivity contribution < 1.29 is 86.9 Å². The molecule has 0 saturated carbocycles. The van der Waals surface area contributed by atoms with Gasteiger partial charge in [-0.15, -0.1) is 0 Å². The van der Waals surface area contributed by atoms with Crippen molar-refractivity contribution in [3.63, 3.8) is 0 Å². The van der Waals surface area contributed by atoms with Crippen molar-refractivity contribution in [3.8, 4) is 0 Å². The summed E-state index contributed by atoms with van der Waals surface area (Å²) in [6.07, 6.45) is 8.08. The molecule has 1 aromatic rings. The third kappa shape index (κ3) is 25.6. The van der Waals surface area contributed by atoms with Crippen LogP contribution in [0.2, 0.25) is 0 Å². The molecular weight excluding hydrogens is 1210 g/mol. The molecule has 0 radical (unpaired) electrons. The van der Waals surface area contributed by atoms with Gasteiger partial charge >= 0.3 is 30.2 Å². The highest BCUT2D eigenvalue weighted by molar-refractivity contribution is 6.12. The molecule has 0 aromatic heterocycles. The second kappa shape index (κ2) is 36.7. The predicted molar refractivity (Wildman–Crippen MR) is 342 cm³/mol. The number of cyclic esters (lactones) is 1. The van der Waals surface area contributed by atoms with Crippen molar-refractivity contribution >= 4 is 65.4 Å². The first-order chi connectivity index (χ1) is 44.0. The van der Waals surface area contributed by atoms with Gasteiger partial charge in [-0.1, -0.05) is 77.5 Å². The number of urea groups is 1. The van der Waals surface area contributed by atoms with Crippen LogP contribution in [-0.4, -0.2) is 202 Å². The number of anilines is 1. The Morgan fingerprint density at radius 1 is 0.892 bits per heavy atom. The SMILES string of the molecule is CC[C@H](O)[C@@H](C)[C@H]1O[C@@H]1CC(C)(O)/C=C/C=C(\C)[C@H]1OC(=O)C[C@H](O)CC[C@@](C)(OC(C)=O)[C@@H](OC(=O)N2CCN(CCNC(=O)OCc3ccc(NC(=O)[C@H](CCCNC(N)=O)NC(=O)[C@@H](NC(=O)CCCCCN4C(=O)C=CC4=O)C(C)C)cc3)CC2)/C=C/[C@@H]1C. The Kier molecular flexibility index (Phi) is 30.0. The second-order valence-corrected chi connectivity index (χ2v) is 25.3. The molecule has 12 atom stereocenters. The number of imide groups is 1. The molecule has 1 aromatic carbocycles. The standard InChI is InChI=1S/C66H99N9O18/c1-10-50(78)44(6)59-51(90-59)39-65(8,88)28-14-16-42(4)58-43(5)19-24-52(66(9,93-45(7)76)29-27-48(77)38-56(82)92-58)91-64(87)74-36-34-73(35-37-74)33-31-69-63(86)89-40-46-20-22-47(23-21-46)70-60(83)49(17-15-30-68-62(67)85)71-61(84)57(41(2)3)72-53(79)18-12-11-13-32-75-54(80)25-26-55(75)81/h14,16,19-26,28,41,43-44,48-52,57-59,77-78,88H,10-13,15,17-18,27,29-40H2,1-9H3,(H,69,86)(H,70,83)(H,71,84)(H,72,79)(H3,67,68,85)/b24-19+,28-14+,42-16+/t43-,44+,48+,49-,50-,51+,52-,57-,58+,59+,65?,66+/m0/s1. The van der Waals surface area contributed by atoms with Gasteiger partial charge in [0.15, 0.2) is 6.10 Å². The Morgan fingerprint density at radius 3 is 2.23 bits per heavy atom. The zero-order chi connectivity index (χ0) is 68.6. The molecule has 4 aliphatic rings. The lowest BCUT2D eigenvalue weighted by atomic mass is 9.88. The van der Waals surface area contributed by atoms with Gasteiger partial charge < -0.3 is 76.2 Å². The number of hydrogen-bond donors (Lipinski definition) is 9. The molecule has 1 unspecified atom stereocenters. The maximum absolute atomic E-state index is 14.0. The fourth-order valence-electron chi connectivity index (χ4n) is 11.2. The van der Waals surface area contributed by atoms with Crippen LogP contribution in [0.3, 0.4) is 0 Å². The van der Waals surface area contributed by atoms with Gasteiger partial charge in [0.05, 0.1) is 36.4 Å². The lowest BCUT2D eigenvalue weighted by Gasteiger charge is -2.39. The van der Waals surface area contributed by atoms with E-state index in [1.165, 1.54) is 24.0 Å². The summed E-state index contributed by atoms with van der Waals surface area (Å²) in [5.74, 6) is -4.50. The number of alkyl carbamates (subject to hydrolysis) is 1. The molecule has 0 bridgehead atoms. The number of benzene rings is 1. The van der Waals surface area contributed by atoms with Crippen LogP contribution in [0.4, 0.5) is 20.1 Å². The molecule has 516 valence electrons. The normalized spacial score (nSPS) is 24.4. The maximum atomic E-state index is 14.0. The molecular formula is C66H99N9O18. The number of hydrogen-bond acceptors (Lipinski definition) is 19. The van der Waals surface area contributed by atoms with Gasteiger partial charge in [-0.2, -0.15) is 0 Å². The Hall–Kier alpha value is -7.72. The van der Waals surface area contributed by atoms with Crippen LogP contribution in [0, 0.1) is 17.8 Å². The Labute approximate surface area is 544 Å². The number of amides is 9. The number of allylic oxidation sites excluding steroid dienone is 2. The molecule has 9 amide bonds. The van der Waals surface area contributed by atoms with E-state index in [0.29, 0.717) is 68.6 Å². The van der Waals surface area contributed by atoms with Crippen LogP contribution >= 0.6 is 0 Å². The van der Waals surface area contributed by atoms with Gasteiger partial charge in [0, 0.05) is 102 Å². The number of aliphatic hydroxyl groups is 3. The van der Waals surface area contributed by atoms with E-state index >= 15 is 0 Å². The molecule has 10 N–H and O–H groups in total. The number of aliphatic hydroxyl groups excluding tert-OH is 2. The molecule has 4 heterocycles. The van der Waals surface area contributed by atoms with E-state index < -0.39 is 95.6 Å². The number of piperazine rings is 1. The largest absolute Gasteiger partial charge is 0.457 e. The fourth-order valence-corrected chi connectivity index (χ4v) is 11.2. The average Bonchev–Trinajstić information content (AvgIpc) is 1.78. The van der Waals surface area contributed by atoms with Gasteiger partial charge in [-0.25, -0.2) is 14.4 Å². The van der Waals surface area contributed by atoms with Crippen molar-refractivity contribution in [2.45, 2.75) is 199 Å². The van der Waals surface area contributed by atoms with E-state index in [0.717, 1.165) is 4.90 Å². The number of esters is 2. The lowest BCUT2D eigenvalue weighted by molar-refractivity contribution is -0.168. The number of unbranched alkanes of at least 4 members (excludes halogenated alkanes) is 2. The summed E-state index contributed by atoms with van der Waals surface area (Å²) < 4.78 is 29.2. The van der Waals surface area contributed by atoms with E-state index in [1.54, 1.807) is 89.3 Å². The minimum absolute atomic E-state index is 0.00545. The van der Waals surface area contributed by atoms with E-state index in [-0.39, 0.29) is 120 Å². The highest BCUT2D eigenvalue weighted by Gasteiger charge is 2.47. The van der Waals surface area contributed by atoms with Gasteiger partial charge in [-0.3, -0.25) is 43.4 Å². The second-order valence-electron chi connectivity index (χ2n) is 25.3. The number of primary amides is 1. The van der Waals surface area contributed by atoms with Crippen LogP contribution in [0.25, 0.3) is 0 Å². The number of nitrogens with one attached hydrogen (secondary N) is 5. The summed E-state index contributed by atoms with van der Waals surface area (Å²) >= 11 is 0. The molecule has 2 saturated heterocycles. The smallest absolute Gasteiger partial charge is 0.410 e. The van der Waals surface area contributed by atoms with Crippen LogP contribution < -0.4 is 32.3 Å². The third-order valence-corrected chi connectivity index (χ3v) is 16.9. The van der Waals surface area contributed by atoms with Crippen molar-refractivity contribution in [3.05, 3.63) is 77.9 Å². The molecule has 27 heteroatoms. The molecule has 27 nitrogen and oxygen atoms in total. The van der Waals surface area contributed by atoms with Crippen LogP contribution in [0.15, 0.2) is 72.4 Å². The quantitative estimate of drug-likeness (QED) is 0.00950. The third-order valence-electron chi connectivity index (χ3n) is 16.9. The highest BCUT2D eigenvalue weighted by atomic mass is 16.6. The summed E-state index contributed by atoms with van der Waals surface area (Å²) in [5, 5.41) is 46.0. The summed E-state index contributed by atoms with van der Waals surface area (Å²) in [6.45, 7) is 17.8. The van der Waals surface area contributed by atoms with Gasteiger partial charge in [-0.05, 0) is 101 Å². The first-order valence-corrected chi connectivity index (χ1v) is 32.3. The molecule has 4 aliphatic heterocycles. The summed E-state index contributed by atoms with van der Waals surface area (Å²) in [7, 11) is 0. The first kappa shape index (κ1) is 76.0. The Balaban J connectivity index is 1.09. The maximum Gasteiger partial charge on any atom is 0.410 e. The van der Waals surface area contributed by atoms with Gasteiger partial charge in [0.2, 0.25) is 17.7 Å². The zero-order valence-electron chi connectivity index (χ0n) is 55.2. The molecule has 0 aliphatic carbocycles. The number of rotatable bonds is 31. The minimum atomic E-state index is -1.45. The molecule has 2 fully saturated rings. The number of nitrogens with zero attached hydrogens (tertiary/aromatic N) is 3. The number of ether oxygens (including phenoxy) is 5. The first-order valence-electron chi connectivity index (χ1n) is 32.3. The van der Waals surface area contributed by atoms with Crippen molar-refractivity contribution in [2.24, 2.45) is 23.5 Å². The molecule has 93 heavy (non-hydrogen) atoms. The number of carbonyl (C=O) groups excluding carboxylic acids is 10. The minimum Gasteiger partial charge on any atom is -0.457 e. The Morgan fingerprint density at radius 2 is 1.58 bits per heavy atom. The number of carbonyl (C=O) groups is 10. The average molecular weight is 1310 g/mol. The summed E-state index contributed by atoms with van der Waals surface area (Å²) in [4.78, 5) is 132. The highest BCUT2D eigenvalue weighted by Crippen LogP contribution is 2.38. The van der Waals surface area contributed by atoms with Crippen LogP contribution in [0.5, 0.6) is 0 Å². The fraction of sp³-hybridized carbons (Fsp3) is 0.636. The Bertz CT molecular complexity index is 2840. The van der Waals surface area contributed by atoms with Crippen molar-refractivity contribution in [1.29, 1.82) is 0 Å². The lowest BCUT2D eigenvalue weighted by Crippen LogP contribution is -2.54. The monoisotopic (exact) mass is 1310 g/mol. The van der Waals surface area contributed by atoms with Gasteiger partial charge in [0.25, 0.3) is 11.8 Å². The van der Waals surface area contributed by atoms with Crippen LogP contribution in [0.1, 0.15) is 139 Å². The summed E-state index contributed by atoms with van der Waals surface area (Å²) in [6, 6.07) is 3.69. The van der Waals surface area contributed by atoms with Crippen LogP contribution in [-0.2, 0) is 63.9 Å². The zero-order valence-corrected chi connectivity index (χ0v) is 55.2. The predicted octanol–water partition coefficient (Wildman–Crippen LogP) is 4.32. The molecule has 0 spiro atoms. The van der Waals surface area contributed by atoms with E-state index in [4.69, 9.17) is 29.4 Å². The topological polar surface area (TPSA) is 377 Å².